The minimum atomic E-state index is -2.56. The molecule has 0 aliphatic heterocycles. The van der Waals surface area contributed by atoms with Gasteiger partial charge < -0.3 is 0 Å². The van der Waals surface area contributed by atoms with Crippen molar-refractivity contribution in [2.24, 2.45) is 0 Å². The summed E-state index contributed by atoms with van der Waals surface area (Å²) in [5.74, 6) is 0. The predicted molar refractivity (Wildman–Crippen MR) is 103 cm³/mol. The third kappa shape index (κ3) is 2.13. The highest BCUT2D eigenvalue weighted by Crippen LogP contribution is 2.28. The molecule has 0 aliphatic carbocycles. The van der Waals surface area contributed by atoms with E-state index in [-0.39, 0.29) is 11.1 Å². The maximum Gasteiger partial charge on any atom is 0.145 e. The number of imidazole rings is 1. The summed E-state index contributed by atoms with van der Waals surface area (Å²) in [5, 5.41) is 1.88. The Hall–Kier alpha value is -3.20. The summed E-state index contributed by atoms with van der Waals surface area (Å²) < 4.78 is 48.4. The lowest BCUT2D eigenvalue weighted by Crippen LogP contribution is -1.90. The summed E-state index contributed by atoms with van der Waals surface area (Å²) in [6, 6.07) is 16.9. The van der Waals surface area contributed by atoms with Crippen LogP contribution < -0.4 is 0 Å². The van der Waals surface area contributed by atoms with Crippen molar-refractivity contribution >= 4 is 27.5 Å². The molecule has 0 spiro atoms. The lowest BCUT2D eigenvalue weighted by molar-refractivity contribution is 1.22. The molecule has 0 amide bonds. The molecule has 3 heteroatoms. The molecular weight excluding hydrogens is 306 g/mol. The van der Waals surface area contributed by atoms with Gasteiger partial charge in [0.1, 0.15) is 5.65 Å². The monoisotopic (exact) mass is 329 g/mol. The summed E-state index contributed by atoms with van der Waals surface area (Å²) in [7, 11) is 0. The van der Waals surface area contributed by atoms with Gasteiger partial charge in [0.25, 0.3) is 0 Å². The van der Waals surface area contributed by atoms with Gasteiger partial charge in [0.05, 0.1) is 16.7 Å². The second-order valence-electron chi connectivity index (χ2n) is 6.03. The van der Waals surface area contributed by atoms with Gasteiger partial charge in [0.15, 0.2) is 0 Å². The van der Waals surface area contributed by atoms with Gasteiger partial charge in [0, 0.05) is 31.6 Å². The number of hydrogen-bond donors (Lipinski definition) is 0. The zero-order chi connectivity index (χ0) is 22.0. The quantitative estimate of drug-likeness (QED) is 0.417. The molecule has 3 nitrogen and oxygen atoms in total. The van der Waals surface area contributed by atoms with E-state index in [2.05, 4.69) is 4.98 Å². The van der Waals surface area contributed by atoms with E-state index in [0.29, 0.717) is 11.3 Å². The van der Waals surface area contributed by atoms with Gasteiger partial charge in [-0.3, -0.25) is 9.38 Å². The van der Waals surface area contributed by atoms with Gasteiger partial charge in [-0.15, -0.1) is 0 Å². The average molecular weight is 329 g/mol. The number of pyridine rings is 2. The van der Waals surface area contributed by atoms with Crippen molar-refractivity contribution in [3.05, 3.63) is 78.1 Å². The normalized spacial score (nSPS) is 16.2. The van der Waals surface area contributed by atoms with Crippen LogP contribution in [0.3, 0.4) is 0 Å². The van der Waals surface area contributed by atoms with E-state index in [1.54, 1.807) is 0 Å². The highest BCUT2D eigenvalue weighted by Gasteiger charge is 2.09. The largest absolute Gasteiger partial charge is 0.299 e. The SMILES string of the molecule is [2H]C([2H])([2H])c1cnc(-c2ccc3ccn4c5ccccc5nc4c3c2)cc1C([2H])([2H])[2H]. The third-order valence-electron chi connectivity index (χ3n) is 4.49. The number of para-hydroxylation sites is 2. The van der Waals surface area contributed by atoms with Crippen LogP contribution in [0.25, 0.3) is 38.7 Å². The van der Waals surface area contributed by atoms with E-state index in [0.717, 1.165) is 33.6 Å². The molecule has 0 bridgehead atoms. The number of fused-ring (bicyclic) bond motifs is 5. The Morgan fingerprint density at radius 1 is 0.960 bits per heavy atom. The Morgan fingerprint density at radius 3 is 2.80 bits per heavy atom. The topological polar surface area (TPSA) is 30.2 Å². The van der Waals surface area contributed by atoms with Gasteiger partial charge in [-0.05, 0) is 60.5 Å². The molecular formula is C22H17N3. The molecule has 3 aromatic heterocycles. The van der Waals surface area contributed by atoms with E-state index >= 15 is 0 Å². The van der Waals surface area contributed by atoms with Crippen molar-refractivity contribution in [2.75, 3.05) is 0 Å². The van der Waals surface area contributed by atoms with Crippen molar-refractivity contribution in [2.45, 2.75) is 13.7 Å². The van der Waals surface area contributed by atoms with Crippen LogP contribution in [0, 0.1) is 13.7 Å². The number of hydrogen-bond acceptors (Lipinski definition) is 2. The zero-order valence-electron chi connectivity index (χ0n) is 19.2. The molecule has 0 N–H and O–H groups in total. The Morgan fingerprint density at radius 2 is 1.88 bits per heavy atom. The summed E-state index contributed by atoms with van der Waals surface area (Å²) in [5.41, 5.74) is 3.30. The maximum atomic E-state index is 7.80. The molecule has 0 radical (unpaired) electrons. The molecule has 0 fully saturated rings. The maximum absolute atomic E-state index is 7.80. The fourth-order valence-electron chi connectivity index (χ4n) is 3.21. The van der Waals surface area contributed by atoms with Gasteiger partial charge in [-0.1, -0.05) is 24.3 Å². The van der Waals surface area contributed by atoms with E-state index in [4.69, 9.17) is 13.2 Å². The standard InChI is InChI=1S/C22H17N3/c1-14-11-20(23-13-15(14)2)17-8-7-16-9-10-25-21-6-4-3-5-19(21)24-22(25)18(16)12-17/h3-13H,1-2H3/i1D3,2D3. The van der Waals surface area contributed by atoms with Crippen LogP contribution in [0.5, 0.6) is 0 Å². The number of nitrogens with zero attached hydrogens (tertiary/aromatic N) is 3. The smallest absolute Gasteiger partial charge is 0.145 e. The molecule has 120 valence electrons. The van der Waals surface area contributed by atoms with Crippen molar-refractivity contribution < 1.29 is 8.22 Å². The zero-order valence-corrected chi connectivity index (χ0v) is 13.2. The van der Waals surface area contributed by atoms with Crippen LogP contribution in [0.1, 0.15) is 19.4 Å². The van der Waals surface area contributed by atoms with Crippen LogP contribution in [0.15, 0.2) is 67.0 Å². The van der Waals surface area contributed by atoms with Crippen LogP contribution in [0.4, 0.5) is 0 Å². The Balaban J connectivity index is 1.74. The van der Waals surface area contributed by atoms with E-state index in [1.165, 1.54) is 6.07 Å². The number of benzene rings is 2. The van der Waals surface area contributed by atoms with E-state index in [1.807, 2.05) is 59.1 Å². The summed E-state index contributed by atoms with van der Waals surface area (Å²) >= 11 is 0. The first kappa shape index (κ1) is 9.33. The fourth-order valence-corrected chi connectivity index (χ4v) is 3.21. The summed E-state index contributed by atoms with van der Waals surface area (Å²) in [6.07, 6.45) is 3.13. The minimum Gasteiger partial charge on any atom is -0.299 e. The molecule has 0 saturated carbocycles. The van der Waals surface area contributed by atoms with Crippen molar-refractivity contribution in [3.8, 4) is 11.3 Å². The molecule has 5 aromatic rings. The van der Waals surface area contributed by atoms with Gasteiger partial charge in [-0.2, -0.15) is 0 Å². The molecule has 0 unspecified atom stereocenters. The van der Waals surface area contributed by atoms with Gasteiger partial charge in [-0.25, -0.2) is 4.98 Å². The fraction of sp³-hybridized carbons (Fsp3) is 0.0909. The van der Waals surface area contributed by atoms with Crippen molar-refractivity contribution in [1.82, 2.24) is 14.4 Å². The van der Waals surface area contributed by atoms with Gasteiger partial charge >= 0.3 is 0 Å². The highest BCUT2D eigenvalue weighted by atomic mass is 15.0. The summed E-state index contributed by atoms with van der Waals surface area (Å²) in [6.45, 7) is -5.12. The lowest BCUT2D eigenvalue weighted by atomic mass is 10.0. The van der Waals surface area contributed by atoms with E-state index < -0.39 is 13.7 Å². The Bertz CT molecular complexity index is 1460. The lowest BCUT2D eigenvalue weighted by Gasteiger charge is -2.07. The second-order valence-corrected chi connectivity index (χ2v) is 6.03. The van der Waals surface area contributed by atoms with E-state index in [9.17, 15) is 0 Å². The molecule has 2 aromatic carbocycles. The molecule has 5 rings (SSSR count). The molecule has 3 heterocycles. The predicted octanol–water partition coefficient (Wildman–Crippen LogP) is 5.32. The first-order valence-electron chi connectivity index (χ1n) is 10.9. The van der Waals surface area contributed by atoms with Crippen LogP contribution in [0.2, 0.25) is 0 Å². The van der Waals surface area contributed by atoms with Crippen LogP contribution in [-0.4, -0.2) is 14.4 Å². The van der Waals surface area contributed by atoms with Gasteiger partial charge in [0.2, 0.25) is 0 Å². The molecule has 0 atom stereocenters. The Kier molecular flexibility index (Phi) is 1.92. The minimum absolute atomic E-state index is 0.206. The average Bonchev–Trinajstić information content (AvgIpc) is 3.11. The Labute approximate surface area is 154 Å². The highest BCUT2D eigenvalue weighted by molar-refractivity contribution is 6.00. The number of aromatic nitrogens is 3. The molecule has 0 aliphatic rings. The van der Waals surface area contributed by atoms with Crippen molar-refractivity contribution in [3.63, 3.8) is 0 Å². The number of aryl methyl sites for hydroxylation is 2. The third-order valence-corrected chi connectivity index (χ3v) is 4.49. The number of rotatable bonds is 1. The van der Waals surface area contributed by atoms with Crippen molar-refractivity contribution in [1.29, 1.82) is 0 Å². The van der Waals surface area contributed by atoms with Crippen LogP contribution in [-0.2, 0) is 0 Å². The molecule has 0 saturated heterocycles. The second kappa shape index (κ2) is 5.15. The first-order chi connectivity index (χ1) is 14.6. The summed E-state index contributed by atoms with van der Waals surface area (Å²) in [4.78, 5) is 9.04. The first-order valence-corrected chi connectivity index (χ1v) is 7.94. The van der Waals surface area contributed by atoms with Crippen LogP contribution >= 0.6 is 0 Å². The molecule has 25 heavy (non-hydrogen) atoms.